The summed E-state index contributed by atoms with van der Waals surface area (Å²) in [5.74, 6) is -0.608. The number of carbonyl (C=O) groups is 1. The SMILES string of the molecule is COCCNS(=O)(=O)c1cccc(C(=O)NC(C)c2cccc(C(F)(F)F)c2)c1. The van der Waals surface area contributed by atoms with Crippen LogP contribution in [0, 0.1) is 0 Å². The van der Waals surface area contributed by atoms with Gasteiger partial charge in [-0.2, -0.15) is 13.2 Å². The molecule has 0 aliphatic rings. The van der Waals surface area contributed by atoms with Crippen LogP contribution in [0.2, 0.25) is 0 Å². The molecule has 0 aliphatic carbocycles. The largest absolute Gasteiger partial charge is 0.416 e. The molecule has 0 saturated heterocycles. The van der Waals surface area contributed by atoms with Gasteiger partial charge in [0.25, 0.3) is 5.91 Å². The molecular formula is C19H21F3N2O4S. The van der Waals surface area contributed by atoms with Crippen LogP contribution in [0.1, 0.15) is 34.5 Å². The molecule has 0 radical (unpaired) electrons. The molecule has 1 unspecified atom stereocenters. The first-order valence-corrected chi connectivity index (χ1v) is 10.1. The van der Waals surface area contributed by atoms with Gasteiger partial charge in [0.15, 0.2) is 0 Å². The average molecular weight is 430 g/mol. The summed E-state index contributed by atoms with van der Waals surface area (Å²) in [6.45, 7) is 1.80. The van der Waals surface area contributed by atoms with Gasteiger partial charge in [0.05, 0.1) is 23.1 Å². The molecule has 1 amide bonds. The second-order valence-corrected chi connectivity index (χ2v) is 8.00. The topological polar surface area (TPSA) is 84.5 Å². The molecule has 2 aromatic carbocycles. The summed E-state index contributed by atoms with van der Waals surface area (Å²) in [6.07, 6.45) is -4.49. The van der Waals surface area contributed by atoms with Crippen molar-refractivity contribution in [1.82, 2.24) is 10.0 Å². The summed E-state index contributed by atoms with van der Waals surface area (Å²) < 4.78 is 70.2. The van der Waals surface area contributed by atoms with Gasteiger partial charge in [-0.1, -0.05) is 18.2 Å². The Bertz CT molecular complexity index is 962. The third-order valence-electron chi connectivity index (χ3n) is 4.07. The van der Waals surface area contributed by atoms with E-state index in [1.165, 1.54) is 43.5 Å². The lowest BCUT2D eigenvalue weighted by atomic mass is 10.0. The molecule has 2 rings (SSSR count). The van der Waals surface area contributed by atoms with E-state index < -0.39 is 33.7 Å². The molecule has 29 heavy (non-hydrogen) atoms. The molecule has 6 nitrogen and oxygen atoms in total. The molecule has 158 valence electrons. The van der Waals surface area contributed by atoms with Gasteiger partial charge in [-0.3, -0.25) is 4.79 Å². The maximum Gasteiger partial charge on any atom is 0.416 e. The second kappa shape index (κ2) is 9.38. The van der Waals surface area contributed by atoms with Crippen LogP contribution >= 0.6 is 0 Å². The summed E-state index contributed by atoms with van der Waals surface area (Å²) in [6, 6.07) is 9.29. The highest BCUT2D eigenvalue weighted by atomic mass is 32.2. The first-order chi connectivity index (χ1) is 13.5. The summed E-state index contributed by atoms with van der Waals surface area (Å²) in [4.78, 5) is 12.4. The van der Waals surface area contributed by atoms with Crippen molar-refractivity contribution in [3.8, 4) is 0 Å². The molecule has 0 bridgehead atoms. The first kappa shape index (κ1) is 22.9. The predicted molar refractivity (Wildman–Crippen MR) is 101 cm³/mol. The molecule has 0 saturated carbocycles. The van der Waals surface area contributed by atoms with Gasteiger partial charge in [0, 0.05) is 19.2 Å². The molecule has 2 N–H and O–H groups in total. The Hall–Kier alpha value is -2.43. The highest BCUT2D eigenvalue weighted by Crippen LogP contribution is 2.30. The zero-order valence-electron chi connectivity index (χ0n) is 15.8. The standard InChI is InChI=1S/C19H21F3N2O4S/c1-13(14-5-3-7-16(11-14)19(20,21)22)24-18(25)15-6-4-8-17(12-15)29(26,27)23-9-10-28-2/h3-8,11-13,23H,9-10H2,1-2H3,(H,24,25). The van der Waals surface area contributed by atoms with Gasteiger partial charge < -0.3 is 10.1 Å². The Morgan fingerprint density at radius 3 is 2.48 bits per heavy atom. The van der Waals surface area contributed by atoms with Gasteiger partial charge in [-0.05, 0) is 42.8 Å². The lowest BCUT2D eigenvalue weighted by Crippen LogP contribution is -2.29. The van der Waals surface area contributed by atoms with Crippen LogP contribution in [0.3, 0.4) is 0 Å². The molecule has 0 spiro atoms. The predicted octanol–water partition coefficient (Wildman–Crippen LogP) is 3.12. The number of hydrogen-bond donors (Lipinski definition) is 2. The molecule has 0 aliphatic heterocycles. The van der Waals surface area contributed by atoms with Crippen LogP contribution in [0.15, 0.2) is 53.4 Å². The number of ether oxygens (including phenoxy) is 1. The van der Waals surface area contributed by atoms with E-state index in [1.54, 1.807) is 6.92 Å². The van der Waals surface area contributed by atoms with Crippen LogP contribution in [0.25, 0.3) is 0 Å². The normalized spacial score (nSPS) is 13.1. The lowest BCUT2D eigenvalue weighted by molar-refractivity contribution is -0.137. The van der Waals surface area contributed by atoms with Crippen molar-refractivity contribution < 1.29 is 31.1 Å². The Balaban J connectivity index is 2.15. The zero-order chi connectivity index (χ0) is 21.7. The number of sulfonamides is 1. The third-order valence-corrected chi connectivity index (χ3v) is 5.53. The quantitative estimate of drug-likeness (QED) is 0.631. The van der Waals surface area contributed by atoms with E-state index in [0.717, 1.165) is 12.1 Å². The summed E-state index contributed by atoms with van der Waals surface area (Å²) in [5, 5.41) is 2.58. The number of rotatable bonds is 8. The molecule has 2 aromatic rings. The first-order valence-electron chi connectivity index (χ1n) is 8.61. The second-order valence-electron chi connectivity index (χ2n) is 6.24. The number of methoxy groups -OCH3 is 1. The third kappa shape index (κ3) is 6.28. The maximum absolute atomic E-state index is 12.9. The van der Waals surface area contributed by atoms with E-state index >= 15 is 0 Å². The lowest BCUT2D eigenvalue weighted by Gasteiger charge is -2.16. The van der Waals surface area contributed by atoms with E-state index in [4.69, 9.17) is 4.74 Å². The molecule has 10 heteroatoms. The number of alkyl halides is 3. The van der Waals surface area contributed by atoms with Crippen LogP contribution in [-0.4, -0.2) is 34.6 Å². The Kier molecular flexibility index (Phi) is 7.39. The maximum atomic E-state index is 12.9. The average Bonchev–Trinajstić information content (AvgIpc) is 2.67. The van der Waals surface area contributed by atoms with Crippen molar-refractivity contribution in [2.75, 3.05) is 20.3 Å². The summed E-state index contributed by atoms with van der Waals surface area (Å²) >= 11 is 0. The van der Waals surface area contributed by atoms with Crippen LogP contribution in [-0.2, 0) is 20.9 Å². The molecule has 0 aromatic heterocycles. The fourth-order valence-corrected chi connectivity index (χ4v) is 3.57. The van der Waals surface area contributed by atoms with E-state index in [1.807, 2.05) is 0 Å². The van der Waals surface area contributed by atoms with Crippen LogP contribution < -0.4 is 10.0 Å². The van der Waals surface area contributed by atoms with E-state index in [9.17, 15) is 26.4 Å². The Morgan fingerprint density at radius 2 is 1.83 bits per heavy atom. The highest BCUT2D eigenvalue weighted by Gasteiger charge is 2.30. The smallest absolute Gasteiger partial charge is 0.383 e. The van der Waals surface area contributed by atoms with Crippen molar-refractivity contribution >= 4 is 15.9 Å². The molecular weight excluding hydrogens is 409 g/mol. The van der Waals surface area contributed by atoms with Crippen molar-refractivity contribution in [2.24, 2.45) is 0 Å². The number of halogens is 3. The fourth-order valence-electron chi connectivity index (χ4n) is 2.51. The highest BCUT2D eigenvalue weighted by molar-refractivity contribution is 7.89. The van der Waals surface area contributed by atoms with Gasteiger partial charge in [0.2, 0.25) is 10.0 Å². The van der Waals surface area contributed by atoms with Gasteiger partial charge in [-0.15, -0.1) is 0 Å². The Labute approximate surface area is 167 Å². The van der Waals surface area contributed by atoms with Crippen molar-refractivity contribution in [2.45, 2.75) is 24.0 Å². The molecule has 0 heterocycles. The van der Waals surface area contributed by atoms with Crippen molar-refractivity contribution in [1.29, 1.82) is 0 Å². The van der Waals surface area contributed by atoms with E-state index in [-0.39, 0.29) is 29.2 Å². The monoisotopic (exact) mass is 430 g/mol. The van der Waals surface area contributed by atoms with Crippen LogP contribution in [0.4, 0.5) is 13.2 Å². The Morgan fingerprint density at radius 1 is 1.14 bits per heavy atom. The van der Waals surface area contributed by atoms with E-state index in [2.05, 4.69) is 10.0 Å². The fraction of sp³-hybridized carbons (Fsp3) is 0.316. The van der Waals surface area contributed by atoms with E-state index in [0.29, 0.717) is 0 Å². The van der Waals surface area contributed by atoms with Gasteiger partial charge in [0.1, 0.15) is 0 Å². The minimum atomic E-state index is -4.49. The van der Waals surface area contributed by atoms with Crippen molar-refractivity contribution in [3.05, 3.63) is 65.2 Å². The zero-order valence-corrected chi connectivity index (χ0v) is 16.6. The van der Waals surface area contributed by atoms with Gasteiger partial charge in [-0.25, -0.2) is 13.1 Å². The number of nitrogens with one attached hydrogen (secondary N) is 2. The summed E-state index contributed by atoms with van der Waals surface area (Å²) in [7, 11) is -2.39. The number of amides is 1. The number of hydrogen-bond acceptors (Lipinski definition) is 4. The summed E-state index contributed by atoms with van der Waals surface area (Å²) in [5.41, 5.74) is -0.469. The minimum Gasteiger partial charge on any atom is -0.383 e. The number of carbonyl (C=O) groups excluding carboxylic acids is 1. The minimum absolute atomic E-state index is 0.0680. The van der Waals surface area contributed by atoms with Gasteiger partial charge >= 0.3 is 6.18 Å². The van der Waals surface area contributed by atoms with Crippen molar-refractivity contribution in [3.63, 3.8) is 0 Å². The molecule has 0 fully saturated rings. The molecule has 1 atom stereocenters. The van der Waals surface area contributed by atoms with Crippen LogP contribution in [0.5, 0.6) is 0 Å². The number of benzene rings is 2.